The number of benzene rings is 1. The van der Waals surface area contributed by atoms with Gasteiger partial charge in [0.1, 0.15) is 0 Å². The van der Waals surface area contributed by atoms with Crippen molar-refractivity contribution in [2.45, 2.75) is 32.1 Å². The molecule has 0 amide bonds. The molecule has 0 aliphatic heterocycles. The maximum Gasteiger partial charge on any atom is 0.240 e. The van der Waals surface area contributed by atoms with Gasteiger partial charge >= 0.3 is 0 Å². The molecule has 3 N–H and O–H groups in total. The van der Waals surface area contributed by atoms with Crippen molar-refractivity contribution in [3.63, 3.8) is 0 Å². The zero-order valence-corrected chi connectivity index (χ0v) is 16.4. The normalized spacial score (nSPS) is 12.2. The fourth-order valence-corrected chi connectivity index (χ4v) is 3.55. The number of ether oxygens (including phenoxy) is 1. The highest BCUT2D eigenvalue weighted by Gasteiger charge is 2.16. The molecule has 0 saturated heterocycles. The molecule has 7 nitrogen and oxygen atoms in total. The molecule has 1 rings (SSSR count). The molecule has 0 saturated carbocycles. The molecule has 0 unspecified atom stereocenters. The fraction of sp³-hybridized carbons (Fsp3) is 0.588. The first-order valence-corrected chi connectivity index (χ1v) is 9.98. The van der Waals surface area contributed by atoms with Gasteiger partial charge in [-0.05, 0) is 44.4 Å². The Hall–Kier alpha value is -1.64. The van der Waals surface area contributed by atoms with Gasteiger partial charge in [0.25, 0.3) is 0 Å². The topological polar surface area (TPSA) is 91.8 Å². The van der Waals surface area contributed by atoms with E-state index in [9.17, 15) is 8.42 Å². The molecule has 0 aliphatic carbocycles. The van der Waals surface area contributed by atoms with Gasteiger partial charge in [-0.1, -0.05) is 12.1 Å². The Morgan fingerprint density at radius 1 is 1.16 bits per heavy atom. The summed E-state index contributed by atoms with van der Waals surface area (Å²) in [5.74, 6) is 0.641. The van der Waals surface area contributed by atoms with E-state index in [1.165, 1.54) is 0 Å². The molecular formula is C17H30N4O3S. The fourth-order valence-electron chi connectivity index (χ4n) is 2.19. The first kappa shape index (κ1) is 21.4. The highest BCUT2D eigenvalue weighted by molar-refractivity contribution is 7.89. The summed E-state index contributed by atoms with van der Waals surface area (Å²) >= 11 is 0. The second kappa shape index (κ2) is 11.1. The number of hydrogen-bond acceptors (Lipinski definition) is 4. The van der Waals surface area contributed by atoms with E-state index in [-0.39, 0.29) is 6.54 Å². The lowest BCUT2D eigenvalue weighted by atomic mass is 10.2. The Morgan fingerprint density at radius 2 is 1.88 bits per heavy atom. The summed E-state index contributed by atoms with van der Waals surface area (Å²) in [7, 11) is -1.83. The minimum atomic E-state index is -3.51. The van der Waals surface area contributed by atoms with Crippen LogP contribution in [0.4, 0.5) is 0 Å². The number of aryl methyl sites for hydroxylation is 2. The largest absolute Gasteiger partial charge is 0.382 e. The average Bonchev–Trinajstić information content (AvgIpc) is 2.58. The van der Waals surface area contributed by atoms with Gasteiger partial charge in [0.2, 0.25) is 10.0 Å². The van der Waals surface area contributed by atoms with Gasteiger partial charge in [0.15, 0.2) is 5.96 Å². The SMILES string of the molecule is CCOCCCNC(=NC)NCCNS(=O)(=O)c1cc(C)ccc1C. The number of guanidine groups is 1. The smallest absolute Gasteiger partial charge is 0.240 e. The van der Waals surface area contributed by atoms with Crippen molar-refractivity contribution in [1.82, 2.24) is 15.4 Å². The summed E-state index contributed by atoms with van der Waals surface area (Å²) in [6.45, 7) is 8.51. The summed E-state index contributed by atoms with van der Waals surface area (Å²) in [5, 5.41) is 6.24. The van der Waals surface area contributed by atoms with Crippen LogP contribution in [0.3, 0.4) is 0 Å². The third-order valence-corrected chi connectivity index (χ3v) is 5.13. The van der Waals surface area contributed by atoms with Crippen LogP contribution in [0.25, 0.3) is 0 Å². The molecule has 0 heterocycles. The summed E-state index contributed by atoms with van der Waals surface area (Å²) in [5.41, 5.74) is 1.65. The number of hydrogen-bond donors (Lipinski definition) is 3. The second-order valence-electron chi connectivity index (χ2n) is 5.64. The van der Waals surface area contributed by atoms with E-state index in [4.69, 9.17) is 4.74 Å². The first-order valence-electron chi connectivity index (χ1n) is 8.50. The third kappa shape index (κ3) is 7.85. The Morgan fingerprint density at radius 3 is 2.56 bits per heavy atom. The van der Waals surface area contributed by atoms with Crippen molar-refractivity contribution in [3.8, 4) is 0 Å². The molecule has 25 heavy (non-hydrogen) atoms. The molecule has 0 fully saturated rings. The van der Waals surface area contributed by atoms with Gasteiger partial charge in [-0.3, -0.25) is 4.99 Å². The Bertz CT molecular complexity index is 660. The van der Waals surface area contributed by atoms with Crippen molar-refractivity contribution in [1.29, 1.82) is 0 Å². The quantitative estimate of drug-likeness (QED) is 0.327. The molecule has 1 aromatic rings. The van der Waals surface area contributed by atoms with Gasteiger partial charge in [-0.15, -0.1) is 0 Å². The number of nitrogens with one attached hydrogen (secondary N) is 3. The van der Waals surface area contributed by atoms with Crippen LogP contribution in [0.2, 0.25) is 0 Å². The molecular weight excluding hydrogens is 340 g/mol. The van der Waals surface area contributed by atoms with Crippen molar-refractivity contribution in [2.75, 3.05) is 39.9 Å². The standard InChI is InChI=1S/C17H30N4O3S/c1-5-24-12-6-9-19-17(18-4)20-10-11-21-25(22,23)16-13-14(2)7-8-15(16)3/h7-8,13,21H,5-6,9-12H2,1-4H3,(H2,18,19,20). The molecule has 142 valence electrons. The van der Waals surface area contributed by atoms with Crippen molar-refractivity contribution in [3.05, 3.63) is 29.3 Å². The zero-order chi connectivity index (χ0) is 18.7. The Kier molecular flexibility index (Phi) is 9.48. The first-order chi connectivity index (χ1) is 11.9. The highest BCUT2D eigenvalue weighted by Crippen LogP contribution is 2.16. The van der Waals surface area contributed by atoms with Crippen LogP contribution >= 0.6 is 0 Å². The van der Waals surface area contributed by atoms with Crippen LogP contribution < -0.4 is 15.4 Å². The highest BCUT2D eigenvalue weighted by atomic mass is 32.2. The van der Waals surface area contributed by atoms with E-state index in [0.717, 1.165) is 24.1 Å². The number of rotatable bonds is 10. The van der Waals surface area contributed by atoms with Crippen LogP contribution in [-0.4, -0.2) is 54.3 Å². The lowest BCUT2D eigenvalue weighted by molar-refractivity contribution is 0.145. The Labute approximate surface area is 151 Å². The molecule has 0 bridgehead atoms. The lowest BCUT2D eigenvalue weighted by Gasteiger charge is -2.13. The number of nitrogens with zero attached hydrogens (tertiary/aromatic N) is 1. The van der Waals surface area contributed by atoms with E-state index in [0.29, 0.717) is 30.6 Å². The minimum absolute atomic E-state index is 0.273. The molecule has 0 radical (unpaired) electrons. The van der Waals surface area contributed by atoms with Gasteiger partial charge in [0, 0.05) is 39.9 Å². The molecule has 0 spiro atoms. The monoisotopic (exact) mass is 370 g/mol. The van der Waals surface area contributed by atoms with E-state index >= 15 is 0 Å². The average molecular weight is 371 g/mol. The lowest BCUT2D eigenvalue weighted by Crippen LogP contribution is -2.42. The number of aliphatic imine (C=N–C) groups is 1. The molecule has 1 aromatic carbocycles. The molecule has 8 heteroatoms. The summed E-state index contributed by atoms with van der Waals surface area (Å²) < 4.78 is 32.7. The Balaban J connectivity index is 2.39. The van der Waals surface area contributed by atoms with Crippen LogP contribution in [0.15, 0.2) is 28.1 Å². The van der Waals surface area contributed by atoms with E-state index < -0.39 is 10.0 Å². The zero-order valence-electron chi connectivity index (χ0n) is 15.6. The van der Waals surface area contributed by atoms with Crippen LogP contribution in [0.5, 0.6) is 0 Å². The second-order valence-corrected chi connectivity index (χ2v) is 7.38. The third-order valence-electron chi connectivity index (χ3n) is 3.53. The van der Waals surface area contributed by atoms with Gasteiger partial charge in [0.05, 0.1) is 4.90 Å². The van der Waals surface area contributed by atoms with Gasteiger partial charge < -0.3 is 15.4 Å². The van der Waals surface area contributed by atoms with Crippen molar-refractivity contribution >= 4 is 16.0 Å². The molecule has 0 atom stereocenters. The van der Waals surface area contributed by atoms with E-state index in [1.807, 2.05) is 26.0 Å². The van der Waals surface area contributed by atoms with Crippen LogP contribution in [0, 0.1) is 13.8 Å². The summed E-state index contributed by atoms with van der Waals surface area (Å²) in [4.78, 5) is 4.43. The maximum atomic E-state index is 12.4. The van der Waals surface area contributed by atoms with E-state index in [2.05, 4.69) is 20.3 Å². The molecule has 0 aromatic heterocycles. The predicted octanol–water partition coefficient (Wildman–Crippen LogP) is 1.17. The van der Waals surface area contributed by atoms with Crippen molar-refractivity contribution in [2.24, 2.45) is 4.99 Å². The summed E-state index contributed by atoms with van der Waals surface area (Å²) in [6, 6.07) is 5.40. The van der Waals surface area contributed by atoms with Gasteiger partial charge in [-0.25, -0.2) is 13.1 Å². The predicted molar refractivity (Wildman–Crippen MR) is 102 cm³/mol. The molecule has 0 aliphatic rings. The summed E-state index contributed by atoms with van der Waals surface area (Å²) in [6.07, 6.45) is 0.883. The van der Waals surface area contributed by atoms with Crippen LogP contribution in [-0.2, 0) is 14.8 Å². The van der Waals surface area contributed by atoms with Gasteiger partial charge in [-0.2, -0.15) is 0 Å². The van der Waals surface area contributed by atoms with E-state index in [1.54, 1.807) is 20.0 Å². The maximum absolute atomic E-state index is 12.4. The van der Waals surface area contributed by atoms with Crippen LogP contribution in [0.1, 0.15) is 24.5 Å². The number of sulfonamides is 1. The van der Waals surface area contributed by atoms with Crippen molar-refractivity contribution < 1.29 is 13.2 Å². The minimum Gasteiger partial charge on any atom is -0.382 e.